The van der Waals surface area contributed by atoms with E-state index in [4.69, 9.17) is 9.47 Å². The van der Waals surface area contributed by atoms with Gasteiger partial charge in [-0.2, -0.15) is 0 Å². The molecule has 2 saturated heterocycles. The van der Waals surface area contributed by atoms with Crippen LogP contribution in [0.2, 0.25) is 0 Å². The number of hydrogen-bond acceptors (Lipinski definition) is 3. The molecule has 1 spiro atoms. The number of hydrogen-bond donors (Lipinski definition) is 0. The summed E-state index contributed by atoms with van der Waals surface area (Å²) < 4.78 is 11.9. The molecule has 24 heavy (non-hydrogen) atoms. The van der Waals surface area contributed by atoms with E-state index in [1.54, 1.807) is 0 Å². The molecule has 1 amide bonds. The Morgan fingerprint density at radius 3 is 2.67 bits per heavy atom. The fourth-order valence-corrected chi connectivity index (χ4v) is 4.03. The van der Waals surface area contributed by atoms with Crippen LogP contribution >= 0.6 is 0 Å². The van der Waals surface area contributed by atoms with E-state index in [1.807, 2.05) is 47.4 Å². The van der Waals surface area contributed by atoms with Gasteiger partial charge >= 0.3 is 0 Å². The van der Waals surface area contributed by atoms with Gasteiger partial charge in [0.25, 0.3) is 5.91 Å². The number of carbonyl (C=O) groups is 1. The molecule has 4 rings (SSSR count). The van der Waals surface area contributed by atoms with Crippen molar-refractivity contribution in [2.75, 3.05) is 26.3 Å². The Bertz CT molecular complexity index is 772. The van der Waals surface area contributed by atoms with Crippen LogP contribution in [0.5, 0.6) is 0 Å². The molecule has 2 aliphatic rings. The van der Waals surface area contributed by atoms with Crippen LogP contribution in [-0.4, -0.2) is 48.3 Å². The quantitative estimate of drug-likeness (QED) is 0.808. The molecule has 0 bridgehead atoms. The van der Waals surface area contributed by atoms with Crippen LogP contribution in [0, 0.1) is 0 Å². The summed E-state index contributed by atoms with van der Waals surface area (Å²) >= 11 is 0. The molecule has 0 aromatic heterocycles. The van der Waals surface area contributed by atoms with Gasteiger partial charge in [-0.05, 0) is 30.7 Å². The molecule has 0 N–H and O–H groups in total. The molecule has 2 aromatic carbocycles. The van der Waals surface area contributed by atoms with Crippen LogP contribution in [0.1, 0.15) is 30.6 Å². The number of ether oxygens (including phenoxy) is 2. The topological polar surface area (TPSA) is 38.8 Å². The number of carbonyl (C=O) groups excluding carboxylic acids is 1. The molecule has 2 heterocycles. The van der Waals surface area contributed by atoms with E-state index in [-0.39, 0.29) is 17.1 Å². The van der Waals surface area contributed by atoms with Gasteiger partial charge in [-0.3, -0.25) is 4.79 Å². The number of morpholine rings is 1. The second-order valence-electron chi connectivity index (χ2n) is 7.54. The molecule has 126 valence electrons. The summed E-state index contributed by atoms with van der Waals surface area (Å²) in [6, 6.07) is 14.0. The Labute approximate surface area is 142 Å². The van der Waals surface area contributed by atoms with Gasteiger partial charge in [0.05, 0.1) is 18.8 Å². The van der Waals surface area contributed by atoms with Crippen molar-refractivity contribution in [2.45, 2.75) is 31.5 Å². The highest BCUT2D eigenvalue weighted by molar-refractivity contribution is 6.07. The van der Waals surface area contributed by atoms with E-state index < -0.39 is 0 Å². The van der Waals surface area contributed by atoms with E-state index in [2.05, 4.69) is 13.8 Å². The highest BCUT2D eigenvalue weighted by atomic mass is 16.6. The first-order chi connectivity index (χ1) is 11.5. The zero-order valence-corrected chi connectivity index (χ0v) is 14.2. The van der Waals surface area contributed by atoms with Crippen LogP contribution in [0.25, 0.3) is 10.8 Å². The van der Waals surface area contributed by atoms with Crippen molar-refractivity contribution in [3.8, 4) is 0 Å². The van der Waals surface area contributed by atoms with Crippen molar-refractivity contribution in [3.63, 3.8) is 0 Å². The average molecular weight is 325 g/mol. The van der Waals surface area contributed by atoms with E-state index in [0.717, 1.165) is 22.8 Å². The van der Waals surface area contributed by atoms with Gasteiger partial charge in [-0.1, -0.05) is 36.4 Å². The molecule has 2 fully saturated rings. The van der Waals surface area contributed by atoms with Gasteiger partial charge in [0.15, 0.2) is 0 Å². The molecule has 4 heteroatoms. The molecule has 0 unspecified atom stereocenters. The van der Waals surface area contributed by atoms with Crippen LogP contribution in [0.4, 0.5) is 0 Å². The third kappa shape index (κ3) is 2.70. The van der Waals surface area contributed by atoms with Crippen molar-refractivity contribution >= 4 is 16.7 Å². The molecular weight excluding hydrogens is 302 g/mol. The number of fused-ring (bicyclic) bond motifs is 1. The van der Waals surface area contributed by atoms with Gasteiger partial charge in [-0.25, -0.2) is 0 Å². The van der Waals surface area contributed by atoms with E-state index in [9.17, 15) is 4.79 Å². The molecule has 0 aliphatic carbocycles. The smallest absolute Gasteiger partial charge is 0.254 e. The SMILES string of the molecule is CC1(C)CN(C(=O)c2cccc3ccccc23)C[C@@]2(CCOC2)O1. The summed E-state index contributed by atoms with van der Waals surface area (Å²) in [7, 11) is 0. The van der Waals surface area contributed by atoms with Crippen molar-refractivity contribution in [3.05, 3.63) is 48.0 Å². The molecule has 0 radical (unpaired) electrons. The summed E-state index contributed by atoms with van der Waals surface area (Å²) in [5.41, 5.74) is 0.0358. The van der Waals surface area contributed by atoms with E-state index >= 15 is 0 Å². The Balaban J connectivity index is 1.70. The molecule has 2 aromatic rings. The first kappa shape index (κ1) is 15.6. The lowest BCUT2D eigenvalue weighted by atomic mass is 9.93. The highest BCUT2D eigenvalue weighted by Gasteiger charge is 2.48. The van der Waals surface area contributed by atoms with Gasteiger partial charge in [0.1, 0.15) is 5.60 Å². The Kier molecular flexibility index (Phi) is 3.62. The number of amides is 1. The molecule has 2 aliphatic heterocycles. The predicted octanol–water partition coefficient (Wildman–Crippen LogP) is 3.25. The molecule has 4 nitrogen and oxygen atoms in total. The van der Waals surface area contributed by atoms with Crippen molar-refractivity contribution in [1.82, 2.24) is 4.90 Å². The lowest BCUT2D eigenvalue weighted by Gasteiger charge is -2.48. The maximum Gasteiger partial charge on any atom is 0.254 e. The lowest BCUT2D eigenvalue weighted by molar-refractivity contribution is -0.186. The second-order valence-corrected chi connectivity index (χ2v) is 7.54. The van der Waals surface area contributed by atoms with Gasteiger partial charge in [0, 0.05) is 25.1 Å². The lowest BCUT2D eigenvalue weighted by Crippen LogP contribution is -2.61. The Morgan fingerprint density at radius 1 is 1.08 bits per heavy atom. The first-order valence-corrected chi connectivity index (χ1v) is 8.53. The van der Waals surface area contributed by atoms with Gasteiger partial charge in [0.2, 0.25) is 0 Å². The minimum atomic E-state index is -0.369. The zero-order valence-electron chi connectivity index (χ0n) is 14.2. The van der Waals surface area contributed by atoms with Crippen LogP contribution < -0.4 is 0 Å². The second kappa shape index (κ2) is 5.57. The predicted molar refractivity (Wildman–Crippen MR) is 93.2 cm³/mol. The van der Waals surface area contributed by atoms with Crippen LogP contribution in [-0.2, 0) is 9.47 Å². The minimum absolute atomic E-state index is 0.0782. The normalized spacial score (nSPS) is 26.2. The highest BCUT2D eigenvalue weighted by Crippen LogP contribution is 2.35. The summed E-state index contributed by atoms with van der Waals surface area (Å²) in [4.78, 5) is 15.2. The maximum atomic E-state index is 13.3. The number of rotatable bonds is 1. The molecule has 1 atom stereocenters. The number of nitrogens with zero attached hydrogens (tertiary/aromatic N) is 1. The Hall–Kier alpha value is -1.91. The summed E-state index contributed by atoms with van der Waals surface area (Å²) in [6.07, 6.45) is 0.843. The van der Waals surface area contributed by atoms with Gasteiger partial charge < -0.3 is 14.4 Å². The fraction of sp³-hybridized carbons (Fsp3) is 0.450. The van der Waals surface area contributed by atoms with Crippen molar-refractivity contribution in [2.24, 2.45) is 0 Å². The largest absolute Gasteiger partial charge is 0.378 e. The van der Waals surface area contributed by atoms with Crippen molar-refractivity contribution in [1.29, 1.82) is 0 Å². The molecular formula is C20H23NO3. The van der Waals surface area contributed by atoms with E-state index in [1.165, 1.54) is 0 Å². The summed E-state index contributed by atoms with van der Waals surface area (Å²) in [5, 5.41) is 2.10. The third-order valence-electron chi connectivity index (χ3n) is 4.92. The van der Waals surface area contributed by atoms with E-state index in [0.29, 0.717) is 26.3 Å². The third-order valence-corrected chi connectivity index (χ3v) is 4.92. The number of benzene rings is 2. The first-order valence-electron chi connectivity index (χ1n) is 8.53. The summed E-state index contributed by atoms with van der Waals surface area (Å²) in [5.74, 6) is 0.0782. The van der Waals surface area contributed by atoms with Gasteiger partial charge in [-0.15, -0.1) is 0 Å². The fourth-order valence-electron chi connectivity index (χ4n) is 4.03. The minimum Gasteiger partial charge on any atom is -0.378 e. The van der Waals surface area contributed by atoms with Crippen LogP contribution in [0.15, 0.2) is 42.5 Å². The Morgan fingerprint density at radius 2 is 1.88 bits per heavy atom. The standard InChI is InChI=1S/C20H23NO3/c1-19(2)12-21(13-20(24-19)10-11-23-14-20)18(22)17-9-5-7-15-6-3-4-8-16(15)17/h3-9H,10-14H2,1-2H3/t20-/m1/s1. The molecule has 0 saturated carbocycles. The summed E-state index contributed by atoms with van der Waals surface area (Å²) in [6.45, 7) is 6.56. The van der Waals surface area contributed by atoms with Crippen LogP contribution in [0.3, 0.4) is 0 Å². The van der Waals surface area contributed by atoms with Crippen molar-refractivity contribution < 1.29 is 14.3 Å². The zero-order chi connectivity index (χ0) is 16.8. The maximum absolute atomic E-state index is 13.3. The monoisotopic (exact) mass is 325 g/mol. The average Bonchev–Trinajstić information content (AvgIpc) is 2.99.